The summed E-state index contributed by atoms with van der Waals surface area (Å²) in [5.74, 6) is -0.842. The average Bonchev–Trinajstić information content (AvgIpc) is 3.00. The van der Waals surface area contributed by atoms with Crippen LogP contribution in [0.25, 0.3) is 10.8 Å². The van der Waals surface area contributed by atoms with Gasteiger partial charge < -0.3 is 10.0 Å². The first-order chi connectivity index (χ1) is 11.7. The number of hydrogen-bond donors (Lipinski definition) is 1. The maximum absolute atomic E-state index is 13.2. The Kier molecular flexibility index (Phi) is 3.71. The molecule has 0 spiro atoms. The number of hydrogen-bond acceptors (Lipinski definition) is 3. The topological polar surface area (TPSA) is 70.5 Å². The normalized spacial score (nSPS) is 26.3. The van der Waals surface area contributed by atoms with Crippen LogP contribution in [0, 0.1) is 5.92 Å². The van der Waals surface area contributed by atoms with Gasteiger partial charge in [0.2, 0.25) is 0 Å². The molecule has 1 aliphatic heterocycles. The molecule has 5 heteroatoms. The highest BCUT2D eigenvalue weighted by Gasteiger charge is 2.48. The number of nitrogens with zero attached hydrogens (tertiary/aromatic N) is 2. The van der Waals surface area contributed by atoms with Gasteiger partial charge >= 0.3 is 5.97 Å². The van der Waals surface area contributed by atoms with Crippen molar-refractivity contribution >= 4 is 22.6 Å². The number of benzene rings is 1. The third-order valence-corrected chi connectivity index (χ3v) is 5.48. The fourth-order valence-electron chi connectivity index (χ4n) is 4.38. The van der Waals surface area contributed by atoms with Crippen molar-refractivity contribution in [3.63, 3.8) is 0 Å². The van der Waals surface area contributed by atoms with Crippen LogP contribution in [-0.2, 0) is 4.79 Å². The number of carbonyl (C=O) groups excluding carboxylic acids is 1. The number of carboxylic acid groups (broad SMARTS) is 1. The lowest BCUT2D eigenvalue weighted by Crippen LogP contribution is -2.46. The van der Waals surface area contributed by atoms with E-state index in [0.29, 0.717) is 18.0 Å². The Labute approximate surface area is 140 Å². The summed E-state index contributed by atoms with van der Waals surface area (Å²) < 4.78 is 0. The van der Waals surface area contributed by atoms with Gasteiger partial charge in [-0.25, -0.2) is 4.79 Å². The molecule has 1 aromatic heterocycles. The average molecular weight is 324 g/mol. The molecule has 0 bridgehead atoms. The molecule has 5 nitrogen and oxygen atoms in total. The summed E-state index contributed by atoms with van der Waals surface area (Å²) >= 11 is 0. The van der Waals surface area contributed by atoms with E-state index in [2.05, 4.69) is 4.98 Å². The maximum atomic E-state index is 13.2. The van der Waals surface area contributed by atoms with E-state index < -0.39 is 12.0 Å². The zero-order valence-corrected chi connectivity index (χ0v) is 13.4. The van der Waals surface area contributed by atoms with E-state index in [1.165, 1.54) is 0 Å². The van der Waals surface area contributed by atoms with Crippen molar-refractivity contribution in [3.05, 3.63) is 42.2 Å². The Morgan fingerprint density at radius 1 is 1.12 bits per heavy atom. The number of pyridine rings is 1. The Morgan fingerprint density at radius 3 is 2.75 bits per heavy atom. The highest BCUT2D eigenvalue weighted by Crippen LogP contribution is 2.40. The van der Waals surface area contributed by atoms with Crippen LogP contribution in [0.3, 0.4) is 0 Å². The third kappa shape index (κ3) is 2.35. The summed E-state index contributed by atoms with van der Waals surface area (Å²) in [6.45, 7) is 0. The van der Waals surface area contributed by atoms with Gasteiger partial charge in [-0.3, -0.25) is 9.78 Å². The van der Waals surface area contributed by atoms with Gasteiger partial charge in [0.1, 0.15) is 11.7 Å². The van der Waals surface area contributed by atoms with E-state index in [4.69, 9.17) is 0 Å². The summed E-state index contributed by atoms with van der Waals surface area (Å²) in [5, 5.41) is 11.4. The number of fused-ring (bicyclic) bond motifs is 2. The molecule has 1 saturated carbocycles. The maximum Gasteiger partial charge on any atom is 0.326 e. The first-order valence-corrected chi connectivity index (χ1v) is 8.56. The predicted molar refractivity (Wildman–Crippen MR) is 89.7 cm³/mol. The van der Waals surface area contributed by atoms with Crippen molar-refractivity contribution in [2.75, 3.05) is 0 Å². The molecule has 2 aliphatic rings. The van der Waals surface area contributed by atoms with Crippen LogP contribution in [0.1, 0.15) is 42.6 Å². The molecule has 2 heterocycles. The van der Waals surface area contributed by atoms with E-state index in [0.717, 1.165) is 36.5 Å². The van der Waals surface area contributed by atoms with Gasteiger partial charge in [-0.2, -0.15) is 0 Å². The van der Waals surface area contributed by atoms with Crippen LogP contribution in [0.4, 0.5) is 0 Å². The molecule has 4 rings (SSSR count). The smallest absolute Gasteiger partial charge is 0.326 e. The van der Waals surface area contributed by atoms with Crippen LogP contribution >= 0.6 is 0 Å². The molecule has 2 aromatic rings. The molecule has 1 aliphatic carbocycles. The molecule has 3 atom stereocenters. The SMILES string of the molecule is O=C(O)C1CC2CCCCC2N1C(=O)c1nccc2ccccc12. The Balaban J connectivity index is 1.77. The second-order valence-corrected chi connectivity index (χ2v) is 6.79. The number of aromatic nitrogens is 1. The zero-order chi connectivity index (χ0) is 16.7. The van der Waals surface area contributed by atoms with Crippen LogP contribution in [0.15, 0.2) is 36.5 Å². The van der Waals surface area contributed by atoms with Gasteiger partial charge in [0, 0.05) is 17.6 Å². The largest absolute Gasteiger partial charge is 0.480 e. The molecular weight excluding hydrogens is 304 g/mol. The third-order valence-electron chi connectivity index (χ3n) is 5.48. The van der Waals surface area contributed by atoms with Crippen LogP contribution in [-0.4, -0.2) is 39.0 Å². The van der Waals surface area contributed by atoms with Gasteiger partial charge in [-0.1, -0.05) is 37.1 Å². The number of rotatable bonds is 2. The summed E-state index contributed by atoms with van der Waals surface area (Å²) in [6.07, 6.45) is 6.28. The first kappa shape index (κ1) is 15.1. The molecule has 0 radical (unpaired) electrons. The van der Waals surface area contributed by atoms with E-state index in [9.17, 15) is 14.7 Å². The summed E-state index contributed by atoms with van der Waals surface area (Å²) in [4.78, 5) is 30.9. The molecule has 124 valence electrons. The second-order valence-electron chi connectivity index (χ2n) is 6.79. The predicted octanol–water partition coefficient (Wildman–Crippen LogP) is 3.09. The lowest BCUT2D eigenvalue weighted by atomic mass is 9.84. The molecule has 24 heavy (non-hydrogen) atoms. The van der Waals surface area contributed by atoms with Gasteiger partial charge in [-0.15, -0.1) is 0 Å². The molecule has 1 amide bonds. The van der Waals surface area contributed by atoms with Crippen LogP contribution in [0.2, 0.25) is 0 Å². The minimum Gasteiger partial charge on any atom is -0.480 e. The molecular formula is C19H20N2O3. The van der Waals surface area contributed by atoms with Crippen molar-refractivity contribution in [1.82, 2.24) is 9.88 Å². The zero-order valence-electron chi connectivity index (χ0n) is 13.4. The Morgan fingerprint density at radius 2 is 1.92 bits per heavy atom. The summed E-state index contributed by atoms with van der Waals surface area (Å²) in [5.41, 5.74) is 0.366. The number of carbonyl (C=O) groups is 2. The standard InChI is InChI=1S/C19H20N2O3/c22-18(17-14-7-3-1-5-12(14)9-10-20-17)21-15-8-4-2-6-13(15)11-16(21)19(23)24/h1,3,5,7,9-10,13,15-16H,2,4,6,8,11H2,(H,23,24). The fraction of sp³-hybridized carbons (Fsp3) is 0.421. The Bertz CT molecular complexity index is 799. The van der Waals surface area contributed by atoms with Gasteiger partial charge in [0.25, 0.3) is 5.91 Å². The fourth-order valence-corrected chi connectivity index (χ4v) is 4.38. The van der Waals surface area contributed by atoms with Gasteiger partial charge in [0.15, 0.2) is 0 Å². The lowest BCUT2D eigenvalue weighted by Gasteiger charge is -2.33. The van der Waals surface area contributed by atoms with E-state index >= 15 is 0 Å². The first-order valence-electron chi connectivity index (χ1n) is 8.56. The monoisotopic (exact) mass is 324 g/mol. The quantitative estimate of drug-likeness (QED) is 0.921. The molecule has 3 unspecified atom stereocenters. The number of carboxylic acids is 1. The van der Waals surface area contributed by atoms with Crippen molar-refractivity contribution in [2.45, 2.75) is 44.2 Å². The van der Waals surface area contributed by atoms with Crippen LogP contribution < -0.4 is 0 Å². The highest BCUT2D eigenvalue weighted by atomic mass is 16.4. The number of aliphatic carboxylic acids is 1. The van der Waals surface area contributed by atoms with Crippen LogP contribution in [0.5, 0.6) is 0 Å². The molecule has 1 N–H and O–H groups in total. The minimum atomic E-state index is -0.905. The summed E-state index contributed by atoms with van der Waals surface area (Å²) in [7, 11) is 0. The lowest BCUT2D eigenvalue weighted by molar-refractivity contribution is -0.141. The van der Waals surface area contributed by atoms with E-state index in [1.807, 2.05) is 30.3 Å². The van der Waals surface area contributed by atoms with Crippen molar-refractivity contribution in [1.29, 1.82) is 0 Å². The summed E-state index contributed by atoms with van der Waals surface area (Å²) in [6, 6.07) is 8.79. The van der Waals surface area contributed by atoms with Crippen molar-refractivity contribution in [3.8, 4) is 0 Å². The van der Waals surface area contributed by atoms with E-state index in [1.54, 1.807) is 11.1 Å². The second kappa shape index (κ2) is 5.89. The molecule has 1 saturated heterocycles. The van der Waals surface area contributed by atoms with Gasteiger partial charge in [-0.05, 0) is 36.6 Å². The van der Waals surface area contributed by atoms with Crippen molar-refractivity contribution < 1.29 is 14.7 Å². The molecule has 1 aromatic carbocycles. The molecule has 2 fully saturated rings. The highest BCUT2D eigenvalue weighted by molar-refractivity contribution is 6.06. The van der Waals surface area contributed by atoms with E-state index in [-0.39, 0.29) is 11.9 Å². The van der Waals surface area contributed by atoms with Gasteiger partial charge in [0.05, 0.1) is 0 Å². The van der Waals surface area contributed by atoms with Crippen molar-refractivity contribution in [2.24, 2.45) is 5.92 Å². The number of likely N-dealkylation sites (tertiary alicyclic amines) is 1. The minimum absolute atomic E-state index is 0.0353. The Hall–Kier alpha value is -2.43. The number of amides is 1.